The van der Waals surface area contributed by atoms with Gasteiger partial charge in [0, 0.05) is 19.4 Å². The Morgan fingerprint density at radius 2 is 2.00 bits per heavy atom. The van der Waals surface area contributed by atoms with Crippen molar-refractivity contribution in [1.82, 2.24) is 5.32 Å². The van der Waals surface area contributed by atoms with Crippen LogP contribution in [0.2, 0.25) is 0 Å². The molecule has 4 nitrogen and oxygen atoms in total. The molecule has 1 aliphatic heterocycles. The monoisotopic (exact) mass is 281 g/mol. The number of carbonyl (C=O) groups is 2. The number of hydrogen-bond donors (Lipinski definition) is 2. The average molecular weight is 281 g/mol. The van der Waals surface area contributed by atoms with Crippen molar-refractivity contribution in [3.8, 4) is 0 Å². The molecule has 1 heterocycles. The smallest absolute Gasteiger partial charge is 0.303 e. The summed E-state index contributed by atoms with van der Waals surface area (Å²) in [5.74, 6) is -0.542. The molecule has 0 saturated carbocycles. The molecule has 1 rings (SSSR count). The second kappa shape index (κ2) is 15.2. The first kappa shape index (κ1) is 20.5. The van der Waals surface area contributed by atoms with Crippen LogP contribution in [0.3, 0.4) is 0 Å². The fourth-order valence-electron chi connectivity index (χ4n) is 1.22. The first-order chi connectivity index (χ1) is 9.51. The number of carboxylic acid groups (broad SMARTS) is 1. The lowest BCUT2D eigenvalue weighted by molar-refractivity contribution is -0.136. The molecule has 0 unspecified atom stereocenters. The maximum atomic E-state index is 10.1. The van der Waals surface area contributed by atoms with E-state index in [1.54, 1.807) is 6.92 Å². The van der Waals surface area contributed by atoms with E-state index in [9.17, 15) is 9.59 Å². The quantitative estimate of drug-likeness (QED) is 0.775. The van der Waals surface area contributed by atoms with E-state index in [1.807, 2.05) is 25.2 Å². The SMILES string of the molecule is C=C/C=C(\C=C/C)CC.CCC(=O)O.O=C1CCCN1. The first-order valence-electron chi connectivity index (χ1n) is 6.94. The van der Waals surface area contributed by atoms with Gasteiger partial charge in [0.2, 0.25) is 5.91 Å². The van der Waals surface area contributed by atoms with Crippen molar-refractivity contribution in [2.75, 3.05) is 6.54 Å². The molecule has 1 amide bonds. The van der Waals surface area contributed by atoms with Gasteiger partial charge in [0.25, 0.3) is 0 Å². The minimum atomic E-state index is -0.745. The van der Waals surface area contributed by atoms with Crippen LogP contribution in [-0.4, -0.2) is 23.5 Å². The molecule has 0 spiro atoms. The van der Waals surface area contributed by atoms with Crippen LogP contribution in [0.15, 0.2) is 36.5 Å². The molecular formula is C16H27NO3. The highest BCUT2D eigenvalue weighted by Crippen LogP contribution is 2.01. The van der Waals surface area contributed by atoms with Crippen molar-refractivity contribution in [3.63, 3.8) is 0 Å². The van der Waals surface area contributed by atoms with Crippen LogP contribution < -0.4 is 5.32 Å². The Bertz CT molecular complexity index is 336. The fourth-order valence-corrected chi connectivity index (χ4v) is 1.22. The van der Waals surface area contributed by atoms with Gasteiger partial charge in [-0.15, -0.1) is 0 Å². The molecule has 0 aromatic carbocycles. The van der Waals surface area contributed by atoms with Crippen LogP contribution in [0.4, 0.5) is 0 Å². The first-order valence-corrected chi connectivity index (χ1v) is 6.94. The van der Waals surface area contributed by atoms with Crippen LogP contribution in [0.1, 0.15) is 46.5 Å². The van der Waals surface area contributed by atoms with E-state index < -0.39 is 5.97 Å². The van der Waals surface area contributed by atoms with E-state index in [1.165, 1.54) is 5.57 Å². The highest BCUT2D eigenvalue weighted by atomic mass is 16.4. The fraction of sp³-hybridized carbons (Fsp3) is 0.500. The van der Waals surface area contributed by atoms with Gasteiger partial charge < -0.3 is 10.4 Å². The molecule has 2 N–H and O–H groups in total. The van der Waals surface area contributed by atoms with Crippen molar-refractivity contribution < 1.29 is 14.7 Å². The zero-order valence-electron chi connectivity index (χ0n) is 12.8. The second-order valence-electron chi connectivity index (χ2n) is 4.03. The maximum absolute atomic E-state index is 10.1. The standard InChI is InChI=1S/C9H14.C4H7NO.C3H6O2/c1-4-7-9(6-3)8-5-2;6-4-2-1-3-5-4;1-2-3(4)5/h4-5,7-8H,1,6H2,2-3H3;1-3H2,(H,5,6);2H2,1H3,(H,4,5)/b8-5-,9-7-;;. The summed E-state index contributed by atoms with van der Waals surface area (Å²) in [5.41, 5.74) is 1.33. The van der Waals surface area contributed by atoms with E-state index >= 15 is 0 Å². The molecule has 114 valence electrons. The normalized spacial score (nSPS) is 13.8. The summed E-state index contributed by atoms with van der Waals surface area (Å²) in [6.07, 6.45) is 11.1. The van der Waals surface area contributed by atoms with Gasteiger partial charge in [0.15, 0.2) is 0 Å². The lowest BCUT2D eigenvalue weighted by Crippen LogP contribution is -2.12. The average Bonchev–Trinajstić information content (AvgIpc) is 2.91. The van der Waals surface area contributed by atoms with Gasteiger partial charge in [0.1, 0.15) is 0 Å². The van der Waals surface area contributed by atoms with Crippen molar-refractivity contribution in [3.05, 3.63) is 36.5 Å². The van der Waals surface area contributed by atoms with Crippen molar-refractivity contribution in [1.29, 1.82) is 0 Å². The third kappa shape index (κ3) is 16.2. The van der Waals surface area contributed by atoms with Gasteiger partial charge in [-0.25, -0.2) is 0 Å². The minimum Gasteiger partial charge on any atom is -0.481 e. The zero-order valence-corrected chi connectivity index (χ0v) is 12.8. The van der Waals surface area contributed by atoms with Gasteiger partial charge >= 0.3 is 5.97 Å². The summed E-state index contributed by atoms with van der Waals surface area (Å²) in [6, 6.07) is 0. The number of hydrogen-bond acceptors (Lipinski definition) is 2. The van der Waals surface area contributed by atoms with Gasteiger partial charge in [-0.1, -0.05) is 44.7 Å². The second-order valence-corrected chi connectivity index (χ2v) is 4.03. The Hall–Kier alpha value is -1.84. The summed E-state index contributed by atoms with van der Waals surface area (Å²) in [4.78, 5) is 19.5. The number of carboxylic acids is 1. The zero-order chi connectivity index (χ0) is 15.8. The molecule has 1 aliphatic rings. The Labute approximate surface area is 122 Å². The lowest BCUT2D eigenvalue weighted by atomic mass is 10.2. The van der Waals surface area contributed by atoms with Gasteiger partial charge in [-0.3, -0.25) is 9.59 Å². The third-order valence-electron chi connectivity index (χ3n) is 2.33. The Kier molecular flexibility index (Phi) is 15.6. The lowest BCUT2D eigenvalue weighted by Gasteiger charge is -1.90. The minimum absolute atomic E-state index is 0.204. The van der Waals surface area contributed by atoms with Crippen molar-refractivity contribution >= 4 is 11.9 Å². The van der Waals surface area contributed by atoms with Crippen molar-refractivity contribution in [2.24, 2.45) is 0 Å². The summed E-state index contributed by atoms with van der Waals surface area (Å²) >= 11 is 0. The number of nitrogens with one attached hydrogen (secondary N) is 1. The molecule has 0 aromatic rings. The number of aliphatic carboxylic acids is 1. The molecule has 0 bridgehead atoms. The van der Waals surface area contributed by atoms with E-state index in [2.05, 4.69) is 24.9 Å². The van der Waals surface area contributed by atoms with Gasteiger partial charge in [-0.05, 0) is 25.3 Å². The van der Waals surface area contributed by atoms with Crippen LogP contribution in [0.5, 0.6) is 0 Å². The molecule has 0 aromatic heterocycles. The maximum Gasteiger partial charge on any atom is 0.303 e. The molecule has 20 heavy (non-hydrogen) atoms. The molecule has 0 atom stereocenters. The molecular weight excluding hydrogens is 254 g/mol. The highest BCUT2D eigenvalue weighted by Gasteiger charge is 2.05. The predicted octanol–water partition coefficient (Wildman–Crippen LogP) is 3.46. The number of allylic oxidation sites excluding steroid dienone is 5. The molecule has 4 heteroatoms. The number of amides is 1. The topological polar surface area (TPSA) is 66.4 Å². The Morgan fingerprint density at radius 3 is 2.20 bits per heavy atom. The summed E-state index contributed by atoms with van der Waals surface area (Å²) in [7, 11) is 0. The Morgan fingerprint density at radius 1 is 1.40 bits per heavy atom. The highest BCUT2D eigenvalue weighted by molar-refractivity contribution is 5.77. The number of carbonyl (C=O) groups excluding carboxylic acids is 1. The van der Waals surface area contributed by atoms with E-state index in [-0.39, 0.29) is 12.3 Å². The molecule has 0 radical (unpaired) electrons. The van der Waals surface area contributed by atoms with Gasteiger partial charge in [-0.2, -0.15) is 0 Å². The number of rotatable bonds is 4. The van der Waals surface area contributed by atoms with Crippen LogP contribution in [0.25, 0.3) is 0 Å². The molecule has 1 saturated heterocycles. The van der Waals surface area contributed by atoms with Crippen LogP contribution in [0, 0.1) is 0 Å². The molecule has 1 fully saturated rings. The predicted molar refractivity (Wildman–Crippen MR) is 83.6 cm³/mol. The summed E-state index contributed by atoms with van der Waals surface area (Å²) < 4.78 is 0. The molecule has 0 aliphatic carbocycles. The summed E-state index contributed by atoms with van der Waals surface area (Å²) in [5, 5.41) is 10.4. The van der Waals surface area contributed by atoms with Crippen molar-refractivity contribution in [2.45, 2.75) is 46.5 Å². The third-order valence-corrected chi connectivity index (χ3v) is 2.33. The summed E-state index contributed by atoms with van der Waals surface area (Å²) in [6.45, 7) is 10.3. The van der Waals surface area contributed by atoms with E-state index in [0.717, 1.165) is 25.8 Å². The largest absolute Gasteiger partial charge is 0.481 e. The van der Waals surface area contributed by atoms with E-state index in [4.69, 9.17) is 5.11 Å². The van der Waals surface area contributed by atoms with Crippen LogP contribution >= 0.6 is 0 Å². The van der Waals surface area contributed by atoms with Gasteiger partial charge in [0.05, 0.1) is 0 Å². The van der Waals surface area contributed by atoms with E-state index in [0.29, 0.717) is 0 Å². The Balaban J connectivity index is 0. The van der Waals surface area contributed by atoms with Crippen LogP contribution in [-0.2, 0) is 9.59 Å².